The molecule has 0 aliphatic carbocycles. The normalized spacial score (nSPS) is 15.6. The van der Waals surface area contributed by atoms with Crippen LogP contribution in [0.2, 0.25) is 0 Å². The molecule has 0 unspecified atom stereocenters. The summed E-state index contributed by atoms with van der Waals surface area (Å²) in [6.07, 6.45) is 1.51. The SMILES string of the molecule is Cc1cc(CCN2C(=O)CCC2=O)c(C(C)C)cc1C. The highest BCUT2D eigenvalue weighted by atomic mass is 16.2. The highest BCUT2D eigenvalue weighted by Crippen LogP contribution is 2.24. The van der Waals surface area contributed by atoms with Gasteiger partial charge in [0.1, 0.15) is 0 Å². The summed E-state index contributed by atoms with van der Waals surface area (Å²) in [7, 11) is 0. The largest absolute Gasteiger partial charge is 0.282 e. The van der Waals surface area contributed by atoms with Crippen LogP contribution in [0.15, 0.2) is 12.1 Å². The van der Waals surface area contributed by atoms with Crippen molar-refractivity contribution in [1.82, 2.24) is 4.90 Å². The van der Waals surface area contributed by atoms with Gasteiger partial charge in [-0.25, -0.2) is 0 Å². The van der Waals surface area contributed by atoms with Crippen molar-refractivity contribution in [2.45, 2.75) is 52.9 Å². The fourth-order valence-corrected chi connectivity index (χ4v) is 2.76. The Morgan fingerprint density at radius 2 is 1.60 bits per heavy atom. The first-order valence-electron chi connectivity index (χ1n) is 7.33. The van der Waals surface area contributed by atoms with Gasteiger partial charge in [-0.2, -0.15) is 0 Å². The second kappa shape index (κ2) is 5.78. The molecule has 0 aromatic heterocycles. The Morgan fingerprint density at radius 1 is 1.05 bits per heavy atom. The third kappa shape index (κ3) is 2.92. The lowest BCUT2D eigenvalue weighted by molar-refractivity contribution is -0.138. The molecule has 1 aromatic rings. The summed E-state index contributed by atoms with van der Waals surface area (Å²) in [6, 6.07) is 4.44. The Bertz CT molecular complexity index is 530. The molecule has 0 spiro atoms. The van der Waals surface area contributed by atoms with Crippen LogP contribution in [0.5, 0.6) is 0 Å². The third-order valence-electron chi connectivity index (χ3n) is 4.14. The maximum absolute atomic E-state index is 11.7. The molecule has 1 fully saturated rings. The molecule has 1 aliphatic rings. The summed E-state index contributed by atoms with van der Waals surface area (Å²) < 4.78 is 0. The van der Waals surface area contributed by atoms with Gasteiger partial charge in [0.15, 0.2) is 0 Å². The van der Waals surface area contributed by atoms with Crippen molar-refractivity contribution in [3.05, 3.63) is 34.4 Å². The summed E-state index contributed by atoms with van der Waals surface area (Å²) in [4.78, 5) is 24.7. The first-order valence-corrected chi connectivity index (χ1v) is 7.33. The molecule has 1 aliphatic heterocycles. The first kappa shape index (κ1) is 14.8. The van der Waals surface area contributed by atoms with Gasteiger partial charge in [-0.3, -0.25) is 14.5 Å². The number of aryl methyl sites for hydroxylation is 2. The van der Waals surface area contributed by atoms with Crippen LogP contribution in [-0.2, 0) is 16.0 Å². The zero-order valence-corrected chi connectivity index (χ0v) is 12.8. The fraction of sp³-hybridized carbons (Fsp3) is 0.529. The molecule has 3 nitrogen and oxygen atoms in total. The first-order chi connectivity index (χ1) is 9.40. The van der Waals surface area contributed by atoms with E-state index in [-0.39, 0.29) is 11.8 Å². The van der Waals surface area contributed by atoms with Crippen molar-refractivity contribution in [1.29, 1.82) is 0 Å². The molecule has 0 N–H and O–H groups in total. The van der Waals surface area contributed by atoms with E-state index < -0.39 is 0 Å². The predicted octanol–water partition coefficient (Wildman–Crippen LogP) is 3.12. The Hall–Kier alpha value is -1.64. The molecule has 0 bridgehead atoms. The zero-order chi connectivity index (χ0) is 14.9. The van der Waals surface area contributed by atoms with Crippen molar-refractivity contribution >= 4 is 11.8 Å². The van der Waals surface area contributed by atoms with Crippen LogP contribution in [0.3, 0.4) is 0 Å². The van der Waals surface area contributed by atoms with Gasteiger partial charge < -0.3 is 0 Å². The zero-order valence-electron chi connectivity index (χ0n) is 12.8. The van der Waals surface area contributed by atoms with Crippen molar-refractivity contribution in [3.8, 4) is 0 Å². The maximum Gasteiger partial charge on any atom is 0.229 e. The molecule has 1 saturated heterocycles. The summed E-state index contributed by atoms with van der Waals surface area (Å²) in [5.74, 6) is 0.407. The maximum atomic E-state index is 11.7. The average Bonchev–Trinajstić information content (AvgIpc) is 2.70. The van der Waals surface area contributed by atoms with Gasteiger partial charge in [0.2, 0.25) is 11.8 Å². The van der Waals surface area contributed by atoms with E-state index >= 15 is 0 Å². The number of imide groups is 1. The van der Waals surface area contributed by atoms with Crippen LogP contribution < -0.4 is 0 Å². The van der Waals surface area contributed by atoms with Crippen molar-refractivity contribution in [2.75, 3.05) is 6.54 Å². The van der Waals surface area contributed by atoms with E-state index in [9.17, 15) is 9.59 Å². The predicted molar refractivity (Wildman–Crippen MR) is 79.7 cm³/mol. The number of carbonyl (C=O) groups is 2. The topological polar surface area (TPSA) is 37.4 Å². The van der Waals surface area contributed by atoms with Crippen LogP contribution in [0.25, 0.3) is 0 Å². The summed E-state index contributed by atoms with van der Waals surface area (Å²) in [5.41, 5.74) is 5.15. The van der Waals surface area contributed by atoms with E-state index in [1.807, 2.05) is 0 Å². The molecule has 108 valence electrons. The number of rotatable bonds is 4. The van der Waals surface area contributed by atoms with Crippen molar-refractivity contribution in [2.24, 2.45) is 0 Å². The minimum absolute atomic E-state index is 0.0232. The van der Waals surface area contributed by atoms with Crippen LogP contribution in [0.4, 0.5) is 0 Å². The lowest BCUT2D eigenvalue weighted by Gasteiger charge is -2.18. The van der Waals surface area contributed by atoms with Gasteiger partial charge in [-0.05, 0) is 48.4 Å². The van der Waals surface area contributed by atoms with E-state index in [0.29, 0.717) is 25.3 Å². The number of hydrogen-bond acceptors (Lipinski definition) is 2. The molecule has 20 heavy (non-hydrogen) atoms. The molecule has 3 heteroatoms. The van der Waals surface area contributed by atoms with E-state index in [1.54, 1.807) is 0 Å². The highest BCUT2D eigenvalue weighted by Gasteiger charge is 2.28. The minimum Gasteiger partial charge on any atom is -0.282 e. The number of carbonyl (C=O) groups excluding carboxylic acids is 2. The minimum atomic E-state index is -0.0232. The molecule has 2 rings (SSSR count). The van der Waals surface area contributed by atoms with Crippen LogP contribution in [-0.4, -0.2) is 23.3 Å². The van der Waals surface area contributed by atoms with E-state index in [0.717, 1.165) is 6.42 Å². The van der Waals surface area contributed by atoms with Gasteiger partial charge in [0.25, 0.3) is 0 Å². The second-order valence-corrected chi connectivity index (χ2v) is 5.98. The van der Waals surface area contributed by atoms with Gasteiger partial charge >= 0.3 is 0 Å². The van der Waals surface area contributed by atoms with Gasteiger partial charge in [-0.15, -0.1) is 0 Å². The summed E-state index contributed by atoms with van der Waals surface area (Å²) in [6.45, 7) is 9.10. The molecular formula is C17H23NO2. The van der Waals surface area contributed by atoms with E-state index in [2.05, 4.69) is 39.8 Å². The molecule has 1 heterocycles. The smallest absolute Gasteiger partial charge is 0.229 e. The Balaban J connectivity index is 2.18. The summed E-state index contributed by atoms with van der Waals surface area (Å²) in [5, 5.41) is 0. The molecule has 2 amide bonds. The van der Waals surface area contributed by atoms with Gasteiger partial charge in [-0.1, -0.05) is 26.0 Å². The highest BCUT2D eigenvalue weighted by molar-refractivity contribution is 6.01. The monoisotopic (exact) mass is 273 g/mol. The van der Waals surface area contributed by atoms with Crippen molar-refractivity contribution in [3.63, 3.8) is 0 Å². The number of amides is 2. The second-order valence-electron chi connectivity index (χ2n) is 5.98. The Labute approximate surface area is 121 Å². The number of benzene rings is 1. The van der Waals surface area contributed by atoms with E-state index in [1.165, 1.54) is 27.2 Å². The number of hydrogen-bond donors (Lipinski definition) is 0. The molecule has 0 radical (unpaired) electrons. The van der Waals surface area contributed by atoms with Gasteiger partial charge in [0, 0.05) is 19.4 Å². The molecule has 1 aromatic carbocycles. The van der Waals surface area contributed by atoms with Crippen LogP contribution in [0.1, 0.15) is 54.9 Å². The standard InChI is InChI=1S/C17H23NO2/c1-11(2)15-10-13(4)12(3)9-14(15)7-8-18-16(19)5-6-17(18)20/h9-11H,5-8H2,1-4H3. The molecular weight excluding hydrogens is 250 g/mol. The van der Waals surface area contributed by atoms with Crippen LogP contribution in [0, 0.1) is 13.8 Å². The molecule has 0 atom stereocenters. The van der Waals surface area contributed by atoms with E-state index in [4.69, 9.17) is 0 Å². The lowest BCUT2D eigenvalue weighted by Crippen LogP contribution is -2.31. The fourth-order valence-electron chi connectivity index (χ4n) is 2.76. The average molecular weight is 273 g/mol. The molecule has 0 saturated carbocycles. The third-order valence-corrected chi connectivity index (χ3v) is 4.14. The van der Waals surface area contributed by atoms with Gasteiger partial charge in [0.05, 0.1) is 0 Å². The number of nitrogens with zero attached hydrogens (tertiary/aromatic N) is 1. The van der Waals surface area contributed by atoms with Crippen molar-refractivity contribution < 1.29 is 9.59 Å². The van der Waals surface area contributed by atoms with Crippen LogP contribution >= 0.6 is 0 Å². The Morgan fingerprint density at radius 3 is 2.15 bits per heavy atom. The summed E-state index contributed by atoms with van der Waals surface area (Å²) >= 11 is 0. The Kier molecular flexibility index (Phi) is 4.26. The number of likely N-dealkylation sites (tertiary alicyclic amines) is 1. The quantitative estimate of drug-likeness (QED) is 0.790. The lowest BCUT2D eigenvalue weighted by atomic mass is 9.91.